The normalized spacial score (nSPS) is 23.6. The topological polar surface area (TPSA) is 63.5 Å². The Labute approximate surface area is 103 Å². The molecule has 1 saturated heterocycles. The van der Waals surface area contributed by atoms with Crippen LogP contribution >= 0.6 is 0 Å². The summed E-state index contributed by atoms with van der Waals surface area (Å²) in [6, 6.07) is 2.27. The van der Waals surface area contributed by atoms with Gasteiger partial charge < -0.3 is 14.2 Å². The van der Waals surface area contributed by atoms with Crippen molar-refractivity contribution in [3.05, 3.63) is 0 Å². The minimum absolute atomic E-state index is 0.228. The highest BCUT2D eigenvalue weighted by Gasteiger charge is 2.29. The third kappa shape index (κ3) is 4.60. The molecule has 0 radical (unpaired) electrons. The molecule has 1 heterocycles. The summed E-state index contributed by atoms with van der Waals surface area (Å²) in [6.45, 7) is 3.38. The zero-order valence-electron chi connectivity index (χ0n) is 10.9. The maximum atomic E-state index is 9.23. The molecule has 5 nitrogen and oxygen atoms in total. The SMILES string of the molecule is COC(CC(C)(C#N)NCC1CCCO1)OC. The summed E-state index contributed by atoms with van der Waals surface area (Å²) in [7, 11) is 3.15. The van der Waals surface area contributed by atoms with Gasteiger partial charge in [-0.15, -0.1) is 0 Å². The van der Waals surface area contributed by atoms with Gasteiger partial charge in [0.25, 0.3) is 0 Å². The summed E-state index contributed by atoms with van der Waals surface area (Å²) in [4.78, 5) is 0. The molecular weight excluding hydrogens is 220 g/mol. The van der Waals surface area contributed by atoms with Crippen molar-refractivity contribution in [1.82, 2.24) is 5.32 Å². The average Bonchev–Trinajstić information content (AvgIpc) is 2.87. The minimum Gasteiger partial charge on any atom is -0.377 e. The van der Waals surface area contributed by atoms with Crippen molar-refractivity contribution in [2.24, 2.45) is 0 Å². The van der Waals surface area contributed by atoms with E-state index < -0.39 is 5.54 Å². The molecule has 0 aromatic rings. The summed E-state index contributed by atoms with van der Waals surface area (Å²) in [5.41, 5.74) is -0.650. The lowest BCUT2D eigenvalue weighted by atomic mass is 9.99. The number of rotatable bonds is 7. The molecule has 17 heavy (non-hydrogen) atoms. The largest absolute Gasteiger partial charge is 0.377 e. The second kappa shape index (κ2) is 6.92. The van der Waals surface area contributed by atoms with E-state index in [1.807, 2.05) is 6.92 Å². The molecule has 1 aliphatic rings. The molecule has 1 aliphatic heterocycles. The first-order valence-corrected chi connectivity index (χ1v) is 5.97. The van der Waals surface area contributed by atoms with Crippen LogP contribution in [0.25, 0.3) is 0 Å². The fraction of sp³-hybridized carbons (Fsp3) is 0.917. The summed E-state index contributed by atoms with van der Waals surface area (Å²) >= 11 is 0. The maximum absolute atomic E-state index is 9.23. The Morgan fingerprint density at radius 2 is 2.24 bits per heavy atom. The summed E-state index contributed by atoms with van der Waals surface area (Å²) in [5, 5.41) is 12.5. The predicted octanol–water partition coefficient (Wildman–Crippen LogP) is 1.05. The van der Waals surface area contributed by atoms with Crippen LogP contribution in [0, 0.1) is 11.3 Å². The fourth-order valence-corrected chi connectivity index (χ4v) is 1.90. The van der Waals surface area contributed by atoms with Crippen LogP contribution in [0.1, 0.15) is 26.2 Å². The van der Waals surface area contributed by atoms with Crippen molar-refractivity contribution in [2.45, 2.75) is 44.1 Å². The van der Waals surface area contributed by atoms with Gasteiger partial charge in [0.1, 0.15) is 5.54 Å². The highest BCUT2D eigenvalue weighted by Crippen LogP contribution is 2.16. The van der Waals surface area contributed by atoms with E-state index in [1.165, 1.54) is 0 Å². The van der Waals surface area contributed by atoms with E-state index in [1.54, 1.807) is 14.2 Å². The minimum atomic E-state index is -0.650. The van der Waals surface area contributed by atoms with Crippen LogP contribution in [-0.4, -0.2) is 45.3 Å². The van der Waals surface area contributed by atoms with Gasteiger partial charge in [0.2, 0.25) is 0 Å². The Morgan fingerprint density at radius 3 is 2.71 bits per heavy atom. The first kappa shape index (κ1) is 14.4. The first-order valence-electron chi connectivity index (χ1n) is 5.97. The molecule has 0 aliphatic carbocycles. The van der Waals surface area contributed by atoms with Gasteiger partial charge >= 0.3 is 0 Å². The van der Waals surface area contributed by atoms with Crippen LogP contribution in [-0.2, 0) is 14.2 Å². The lowest BCUT2D eigenvalue weighted by Crippen LogP contribution is -2.47. The second-order valence-corrected chi connectivity index (χ2v) is 4.56. The maximum Gasteiger partial charge on any atom is 0.159 e. The van der Waals surface area contributed by atoms with Gasteiger partial charge in [-0.25, -0.2) is 0 Å². The molecule has 5 heteroatoms. The molecule has 0 aromatic heterocycles. The summed E-state index contributed by atoms with van der Waals surface area (Å²) < 4.78 is 15.8. The van der Waals surface area contributed by atoms with Crippen molar-refractivity contribution in [3.63, 3.8) is 0 Å². The van der Waals surface area contributed by atoms with Gasteiger partial charge in [-0.05, 0) is 19.8 Å². The van der Waals surface area contributed by atoms with E-state index in [-0.39, 0.29) is 12.4 Å². The van der Waals surface area contributed by atoms with Crippen LogP contribution in [0.5, 0.6) is 0 Å². The monoisotopic (exact) mass is 242 g/mol. The third-order valence-corrected chi connectivity index (χ3v) is 3.09. The number of nitrogens with one attached hydrogen (secondary N) is 1. The van der Waals surface area contributed by atoms with Crippen LogP contribution in [0.2, 0.25) is 0 Å². The Kier molecular flexibility index (Phi) is 5.86. The van der Waals surface area contributed by atoms with E-state index in [4.69, 9.17) is 14.2 Å². The Morgan fingerprint density at radius 1 is 1.53 bits per heavy atom. The van der Waals surface area contributed by atoms with E-state index in [9.17, 15) is 5.26 Å². The van der Waals surface area contributed by atoms with Crippen LogP contribution in [0.15, 0.2) is 0 Å². The second-order valence-electron chi connectivity index (χ2n) is 4.56. The van der Waals surface area contributed by atoms with Gasteiger partial charge in [0.15, 0.2) is 6.29 Å². The summed E-state index contributed by atoms with van der Waals surface area (Å²) in [6.07, 6.45) is 2.52. The molecule has 98 valence electrons. The predicted molar refractivity (Wildman–Crippen MR) is 63.4 cm³/mol. The van der Waals surface area contributed by atoms with Crippen molar-refractivity contribution >= 4 is 0 Å². The van der Waals surface area contributed by atoms with Crippen LogP contribution in [0.3, 0.4) is 0 Å². The molecule has 2 unspecified atom stereocenters. The molecular formula is C12H22N2O3. The molecule has 0 aromatic carbocycles. The van der Waals surface area contributed by atoms with Crippen molar-refractivity contribution in [2.75, 3.05) is 27.4 Å². The third-order valence-electron chi connectivity index (χ3n) is 3.09. The smallest absolute Gasteiger partial charge is 0.159 e. The quantitative estimate of drug-likeness (QED) is 0.676. The first-order chi connectivity index (χ1) is 8.13. The lowest BCUT2D eigenvalue weighted by molar-refractivity contribution is -0.114. The van der Waals surface area contributed by atoms with E-state index >= 15 is 0 Å². The van der Waals surface area contributed by atoms with Crippen molar-refractivity contribution in [1.29, 1.82) is 5.26 Å². The number of hydrogen-bond acceptors (Lipinski definition) is 5. The van der Waals surface area contributed by atoms with Gasteiger partial charge in [-0.1, -0.05) is 0 Å². The van der Waals surface area contributed by atoms with Crippen LogP contribution < -0.4 is 5.32 Å². The highest BCUT2D eigenvalue weighted by molar-refractivity contribution is 5.04. The Hall–Kier alpha value is -0.670. The number of nitrogens with zero attached hydrogens (tertiary/aromatic N) is 1. The van der Waals surface area contributed by atoms with Crippen LogP contribution in [0.4, 0.5) is 0 Å². The zero-order valence-corrected chi connectivity index (χ0v) is 10.9. The molecule has 0 amide bonds. The van der Waals surface area contributed by atoms with Gasteiger partial charge in [0.05, 0.1) is 12.2 Å². The fourth-order valence-electron chi connectivity index (χ4n) is 1.90. The Balaban J connectivity index is 2.41. The molecule has 0 spiro atoms. The molecule has 0 saturated carbocycles. The number of hydrogen-bond donors (Lipinski definition) is 1. The molecule has 1 fully saturated rings. The number of nitriles is 1. The van der Waals surface area contributed by atoms with Gasteiger partial charge in [0, 0.05) is 33.8 Å². The summed E-state index contributed by atoms with van der Waals surface area (Å²) in [5.74, 6) is 0. The molecule has 0 bridgehead atoms. The van der Waals surface area contributed by atoms with E-state index in [0.717, 1.165) is 19.4 Å². The number of methoxy groups -OCH3 is 2. The van der Waals surface area contributed by atoms with Gasteiger partial charge in [-0.3, -0.25) is 5.32 Å². The van der Waals surface area contributed by atoms with Crippen molar-refractivity contribution in [3.8, 4) is 6.07 Å². The molecule has 2 atom stereocenters. The average molecular weight is 242 g/mol. The lowest BCUT2D eigenvalue weighted by Gasteiger charge is -2.28. The van der Waals surface area contributed by atoms with Crippen molar-refractivity contribution < 1.29 is 14.2 Å². The molecule has 1 rings (SSSR count). The highest BCUT2D eigenvalue weighted by atomic mass is 16.7. The Bertz CT molecular complexity index is 257. The van der Waals surface area contributed by atoms with E-state index in [0.29, 0.717) is 13.0 Å². The molecule has 1 N–H and O–H groups in total. The van der Waals surface area contributed by atoms with Gasteiger partial charge in [-0.2, -0.15) is 5.26 Å². The van der Waals surface area contributed by atoms with E-state index in [2.05, 4.69) is 11.4 Å². The standard InChI is InChI=1S/C12H22N2O3/c1-12(9-13,7-11(15-2)16-3)14-8-10-5-4-6-17-10/h10-11,14H,4-8H2,1-3H3. The zero-order chi connectivity index (χ0) is 12.7. The number of ether oxygens (including phenoxy) is 3.